The second kappa shape index (κ2) is 12.3. The van der Waals surface area contributed by atoms with Crippen LogP contribution < -0.4 is 16.3 Å². The molecule has 0 fully saturated rings. The highest BCUT2D eigenvalue weighted by atomic mass is 16.5. The Balaban J connectivity index is 1.38. The van der Waals surface area contributed by atoms with Crippen LogP contribution in [-0.4, -0.2) is 46.5 Å². The number of fused-ring (bicyclic) bond motifs is 1. The van der Waals surface area contributed by atoms with Gasteiger partial charge in [-0.1, -0.05) is 37.3 Å². The molecule has 1 unspecified atom stereocenters. The van der Waals surface area contributed by atoms with Gasteiger partial charge in [0, 0.05) is 39.1 Å². The Morgan fingerprint density at radius 2 is 2.10 bits per heavy atom. The minimum absolute atomic E-state index is 0.0274. The van der Waals surface area contributed by atoms with Crippen LogP contribution in [0.4, 0.5) is 0 Å². The zero-order valence-electron chi connectivity index (χ0n) is 18.8. The Bertz CT molecular complexity index is 874. The standard InChI is InChI=1S/C23H36N6O2/c1-3-24-22(26-16-19(2)17-31-18-20-10-5-4-6-11-20)25-13-9-15-29-23(30)28-14-8-7-12-21(28)27-29/h4-6,10-11,19H,3,7-9,12-18H2,1-2H3,(H2,24,25,26). The highest BCUT2D eigenvalue weighted by Crippen LogP contribution is 2.09. The van der Waals surface area contributed by atoms with Crippen molar-refractivity contribution in [3.05, 3.63) is 52.2 Å². The normalized spacial score (nSPS) is 14.8. The predicted octanol–water partition coefficient (Wildman–Crippen LogP) is 2.18. The van der Waals surface area contributed by atoms with Crippen LogP contribution in [0.5, 0.6) is 0 Å². The molecule has 1 atom stereocenters. The van der Waals surface area contributed by atoms with Gasteiger partial charge in [0.1, 0.15) is 5.82 Å². The number of nitrogens with zero attached hydrogens (tertiary/aromatic N) is 4. The number of aromatic nitrogens is 3. The zero-order valence-corrected chi connectivity index (χ0v) is 18.8. The van der Waals surface area contributed by atoms with Gasteiger partial charge in [-0.05, 0) is 37.7 Å². The van der Waals surface area contributed by atoms with Crippen molar-refractivity contribution in [2.24, 2.45) is 10.9 Å². The van der Waals surface area contributed by atoms with E-state index in [0.717, 1.165) is 57.1 Å². The number of aliphatic imine (C=N–C) groups is 1. The molecule has 0 saturated carbocycles. The van der Waals surface area contributed by atoms with Gasteiger partial charge in [0.05, 0.1) is 13.2 Å². The van der Waals surface area contributed by atoms with Crippen LogP contribution in [0.25, 0.3) is 0 Å². The quantitative estimate of drug-likeness (QED) is 0.326. The lowest BCUT2D eigenvalue weighted by atomic mass is 10.2. The molecule has 0 radical (unpaired) electrons. The van der Waals surface area contributed by atoms with Gasteiger partial charge < -0.3 is 15.4 Å². The Kier molecular flexibility index (Phi) is 9.15. The first-order chi connectivity index (χ1) is 15.2. The fraction of sp³-hybridized carbons (Fsp3) is 0.609. The summed E-state index contributed by atoms with van der Waals surface area (Å²) in [6, 6.07) is 10.2. The molecule has 0 amide bonds. The molecule has 8 heteroatoms. The van der Waals surface area contributed by atoms with Crippen LogP contribution in [0, 0.1) is 5.92 Å². The van der Waals surface area contributed by atoms with Crippen LogP contribution in [0.3, 0.4) is 0 Å². The summed E-state index contributed by atoms with van der Waals surface area (Å²) in [5, 5.41) is 11.1. The molecule has 2 aromatic rings. The first kappa shape index (κ1) is 23.1. The third-order valence-corrected chi connectivity index (χ3v) is 5.29. The summed E-state index contributed by atoms with van der Waals surface area (Å²) >= 11 is 0. The fourth-order valence-corrected chi connectivity index (χ4v) is 3.62. The molecular formula is C23H36N6O2. The van der Waals surface area contributed by atoms with Crippen molar-refractivity contribution >= 4 is 5.96 Å². The van der Waals surface area contributed by atoms with Gasteiger partial charge in [-0.25, -0.2) is 9.48 Å². The molecule has 0 aliphatic carbocycles. The largest absolute Gasteiger partial charge is 0.376 e. The molecule has 1 aliphatic rings. The summed E-state index contributed by atoms with van der Waals surface area (Å²) in [5.41, 5.74) is 1.21. The third kappa shape index (κ3) is 7.24. The van der Waals surface area contributed by atoms with Crippen LogP contribution in [0.1, 0.15) is 44.5 Å². The Morgan fingerprint density at radius 3 is 2.87 bits per heavy atom. The third-order valence-electron chi connectivity index (χ3n) is 5.29. The topological polar surface area (TPSA) is 85.5 Å². The van der Waals surface area contributed by atoms with E-state index >= 15 is 0 Å². The van der Waals surface area contributed by atoms with Crippen molar-refractivity contribution in [3.63, 3.8) is 0 Å². The summed E-state index contributed by atoms with van der Waals surface area (Å²) < 4.78 is 9.25. The SMILES string of the molecule is CCNC(=NCC(C)COCc1ccccc1)NCCCn1nc2n(c1=O)CCCC2. The van der Waals surface area contributed by atoms with Gasteiger partial charge in [-0.3, -0.25) is 9.56 Å². The molecule has 3 rings (SSSR count). The van der Waals surface area contributed by atoms with Gasteiger partial charge in [0.15, 0.2) is 5.96 Å². The lowest BCUT2D eigenvalue weighted by molar-refractivity contribution is 0.0945. The predicted molar refractivity (Wildman–Crippen MR) is 123 cm³/mol. The van der Waals surface area contributed by atoms with Crippen LogP contribution in [0.15, 0.2) is 40.1 Å². The van der Waals surface area contributed by atoms with E-state index in [0.29, 0.717) is 32.2 Å². The first-order valence-electron chi connectivity index (χ1n) is 11.5. The van der Waals surface area contributed by atoms with Gasteiger partial charge in [0.25, 0.3) is 0 Å². The van der Waals surface area contributed by atoms with Crippen molar-refractivity contribution in [2.75, 3.05) is 26.2 Å². The molecule has 31 heavy (non-hydrogen) atoms. The molecule has 2 N–H and O–H groups in total. The highest BCUT2D eigenvalue weighted by Gasteiger charge is 2.16. The summed E-state index contributed by atoms with van der Waals surface area (Å²) in [6.07, 6.45) is 3.91. The van der Waals surface area contributed by atoms with Crippen LogP contribution >= 0.6 is 0 Å². The van der Waals surface area contributed by atoms with E-state index in [1.54, 1.807) is 4.68 Å². The molecule has 170 valence electrons. The molecule has 8 nitrogen and oxygen atoms in total. The second-order valence-corrected chi connectivity index (χ2v) is 8.14. The van der Waals surface area contributed by atoms with Crippen LogP contribution in [-0.2, 0) is 30.9 Å². The van der Waals surface area contributed by atoms with Crippen molar-refractivity contribution in [2.45, 2.75) is 59.2 Å². The van der Waals surface area contributed by atoms with E-state index in [9.17, 15) is 4.79 Å². The molecule has 1 aromatic carbocycles. The number of nitrogens with one attached hydrogen (secondary N) is 2. The minimum Gasteiger partial charge on any atom is -0.376 e. The molecule has 1 aromatic heterocycles. The average Bonchev–Trinajstić information content (AvgIpc) is 3.11. The minimum atomic E-state index is 0.0274. The number of guanidine groups is 1. The van der Waals surface area contributed by atoms with Crippen LogP contribution in [0.2, 0.25) is 0 Å². The maximum Gasteiger partial charge on any atom is 0.345 e. The van der Waals surface area contributed by atoms with Crippen molar-refractivity contribution in [1.29, 1.82) is 0 Å². The number of hydrogen-bond acceptors (Lipinski definition) is 4. The molecule has 1 aliphatic heterocycles. The zero-order chi connectivity index (χ0) is 21.9. The molecule has 2 heterocycles. The van der Waals surface area contributed by atoms with Gasteiger partial charge >= 0.3 is 5.69 Å². The highest BCUT2D eigenvalue weighted by molar-refractivity contribution is 5.79. The maximum absolute atomic E-state index is 12.4. The molecule has 0 saturated heterocycles. The van der Waals surface area contributed by atoms with Gasteiger partial charge in [-0.15, -0.1) is 0 Å². The van der Waals surface area contributed by atoms with E-state index < -0.39 is 0 Å². The second-order valence-electron chi connectivity index (χ2n) is 8.14. The monoisotopic (exact) mass is 428 g/mol. The lowest BCUT2D eigenvalue weighted by Crippen LogP contribution is -2.38. The number of hydrogen-bond donors (Lipinski definition) is 2. The number of benzene rings is 1. The maximum atomic E-state index is 12.4. The molecule has 0 bridgehead atoms. The smallest absolute Gasteiger partial charge is 0.345 e. The lowest BCUT2D eigenvalue weighted by Gasteiger charge is -2.14. The van der Waals surface area contributed by atoms with Gasteiger partial charge in [-0.2, -0.15) is 5.10 Å². The Labute approximate surface area is 184 Å². The summed E-state index contributed by atoms with van der Waals surface area (Å²) in [7, 11) is 0. The van der Waals surface area contributed by atoms with E-state index in [2.05, 4.69) is 46.7 Å². The number of rotatable bonds is 11. The molecule has 0 spiro atoms. The number of ether oxygens (including phenoxy) is 1. The van der Waals surface area contributed by atoms with E-state index in [-0.39, 0.29) is 5.69 Å². The fourth-order valence-electron chi connectivity index (χ4n) is 3.62. The van der Waals surface area contributed by atoms with Gasteiger partial charge in [0.2, 0.25) is 0 Å². The van der Waals surface area contributed by atoms with E-state index in [1.807, 2.05) is 22.8 Å². The van der Waals surface area contributed by atoms with Crippen molar-refractivity contribution < 1.29 is 4.74 Å². The van der Waals surface area contributed by atoms with E-state index in [1.165, 1.54) is 5.56 Å². The summed E-state index contributed by atoms with van der Waals surface area (Å²) in [5.74, 6) is 2.06. The molecular weight excluding hydrogens is 392 g/mol. The number of aryl methyl sites for hydroxylation is 2. The summed E-state index contributed by atoms with van der Waals surface area (Å²) in [4.78, 5) is 17.1. The van der Waals surface area contributed by atoms with E-state index in [4.69, 9.17) is 4.74 Å². The Morgan fingerprint density at radius 1 is 1.26 bits per heavy atom. The Hall–Kier alpha value is -2.61. The van der Waals surface area contributed by atoms with Crippen molar-refractivity contribution in [1.82, 2.24) is 25.0 Å². The van der Waals surface area contributed by atoms with Crippen molar-refractivity contribution in [3.8, 4) is 0 Å². The average molecular weight is 429 g/mol. The summed E-state index contributed by atoms with van der Waals surface area (Å²) in [6.45, 7) is 9.15. The first-order valence-corrected chi connectivity index (χ1v) is 11.5.